The summed E-state index contributed by atoms with van der Waals surface area (Å²) in [5.41, 5.74) is 4.08. The van der Waals surface area contributed by atoms with Gasteiger partial charge in [0.2, 0.25) is 5.91 Å². The number of carbonyl (C=O) groups excluding carboxylic acids is 2. The number of hydrogen-bond acceptors (Lipinski definition) is 4. The van der Waals surface area contributed by atoms with Gasteiger partial charge in [-0.05, 0) is 12.8 Å². The van der Waals surface area contributed by atoms with Crippen LogP contribution in [0.1, 0.15) is 26.2 Å². The van der Waals surface area contributed by atoms with Gasteiger partial charge in [-0.2, -0.15) is 0 Å². The lowest BCUT2D eigenvalue weighted by Gasteiger charge is -2.24. The molecule has 0 aromatic rings. The van der Waals surface area contributed by atoms with Gasteiger partial charge < -0.3 is 25.8 Å². The molecule has 21 heavy (non-hydrogen) atoms. The minimum atomic E-state index is -0.843. The maximum atomic E-state index is 11.9. The van der Waals surface area contributed by atoms with E-state index in [1.165, 1.54) is 4.90 Å². The highest BCUT2D eigenvalue weighted by Crippen LogP contribution is 2.35. The topological polar surface area (TPSA) is 122 Å². The van der Waals surface area contributed by atoms with Crippen molar-refractivity contribution in [2.75, 3.05) is 32.8 Å². The number of carbonyl (C=O) groups is 3. The van der Waals surface area contributed by atoms with Gasteiger partial charge in [0.25, 0.3) is 0 Å². The fourth-order valence-corrected chi connectivity index (χ4v) is 2.52. The Balaban J connectivity index is 2.36. The molecule has 8 nitrogen and oxygen atoms in total. The molecule has 120 valence electrons. The molecule has 1 heterocycles. The average Bonchev–Trinajstić information content (AvgIpc) is 2.84. The summed E-state index contributed by atoms with van der Waals surface area (Å²) in [6, 6.07) is -0.308. The first kappa shape index (κ1) is 17.2. The number of nitrogens with one attached hydrogen (secondary N) is 1. The van der Waals surface area contributed by atoms with Gasteiger partial charge in [0.1, 0.15) is 6.61 Å². The van der Waals surface area contributed by atoms with Crippen LogP contribution in [0, 0.1) is 5.41 Å². The standard InChI is InChI=1S/C13H23N3O5/c1-2-3-13(11(18)19)4-6-16(9-13)12(20)15-5-7-21-8-10(14)17/h2-9H2,1H3,(H2,14,17)(H,15,20)(H,18,19). The van der Waals surface area contributed by atoms with Crippen LogP contribution in [-0.2, 0) is 14.3 Å². The Morgan fingerprint density at radius 1 is 1.43 bits per heavy atom. The summed E-state index contributed by atoms with van der Waals surface area (Å²) in [7, 11) is 0. The lowest BCUT2D eigenvalue weighted by Crippen LogP contribution is -2.42. The van der Waals surface area contributed by atoms with Crippen molar-refractivity contribution in [2.45, 2.75) is 26.2 Å². The number of nitrogens with two attached hydrogens (primary N) is 1. The van der Waals surface area contributed by atoms with Crippen molar-refractivity contribution in [1.29, 1.82) is 0 Å². The molecule has 8 heteroatoms. The number of urea groups is 1. The maximum Gasteiger partial charge on any atom is 0.317 e. The fourth-order valence-electron chi connectivity index (χ4n) is 2.52. The first-order valence-corrected chi connectivity index (χ1v) is 7.03. The lowest BCUT2D eigenvalue weighted by molar-refractivity contribution is -0.148. The summed E-state index contributed by atoms with van der Waals surface area (Å²) in [6.07, 6.45) is 1.80. The molecule has 1 atom stereocenters. The summed E-state index contributed by atoms with van der Waals surface area (Å²) in [5, 5.41) is 12.0. The molecule has 4 N–H and O–H groups in total. The molecule has 0 aliphatic carbocycles. The first-order valence-electron chi connectivity index (χ1n) is 7.03. The Labute approximate surface area is 123 Å². The Bertz CT molecular complexity index is 401. The number of ether oxygens (including phenoxy) is 1. The van der Waals surface area contributed by atoms with Crippen LogP contribution in [0.25, 0.3) is 0 Å². The third-order valence-corrected chi connectivity index (χ3v) is 3.59. The molecule has 0 aromatic carbocycles. The monoisotopic (exact) mass is 301 g/mol. The number of hydrogen-bond donors (Lipinski definition) is 3. The van der Waals surface area contributed by atoms with Crippen molar-refractivity contribution in [3.8, 4) is 0 Å². The highest BCUT2D eigenvalue weighted by molar-refractivity contribution is 5.79. The van der Waals surface area contributed by atoms with E-state index in [4.69, 9.17) is 10.5 Å². The second kappa shape index (κ2) is 7.82. The number of likely N-dealkylation sites (tertiary alicyclic amines) is 1. The molecule has 3 amide bonds. The fraction of sp³-hybridized carbons (Fsp3) is 0.769. The van der Waals surface area contributed by atoms with E-state index in [-0.39, 0.29) is 32.3 Å². The highest BCUT2D eigenvalue weighted by atomic mass is 16.5. The molecule has 1 aliphatic rings. The van der Waals surface area contributed by atoms with E-state index in [0.717, 1.165) is 6.42 Å². The van der Waals surface area contributed by atoms with Gasteiger partial charge in [0, 0.05) is 19.6 Å². The number of primary amides is 1. The molecule has 0 spiro atoms. The molecular weight excluding hydrogens is 278 g/mol. The number of amides is 3. The predicted molar refractivity (Wildman–Crippen MR) is 74.6 cm³/mol. The number of rotatable bonds is 8. The van der Waals surface area contributed by atoms with Gasteiger partial charge in [-0.3, -0.25) is 9.59 Å². The van der Waals surface area contributed by atoms with Gasteiger partial charge in [-0.1, -0.05) is 13.3 Å². The van der Waals surface area contributed by atoms with Gasteiger partial charge >= 0.3 is 12.0 Å². The van der Waals surface area contributed by atoms with E-state index in [9.17, 15) is 19.5 Å². The van der Waals surface area contributed by atoms with Crippen molar-refractivity contribution in [3.05, 3.63) is 0 Å². The van der Waals surface area contributed by atoms with E-state index < -0.39 is 17.3 Å². The molecular formula is C13H23N3O5. The number of carboxylic acids is 1. The summed E-state index contributed by atoms with van der Waals surface area (Å²) < 4.78 is 4.92. The van der Waals surface area contributed by atoms with Crippen molar-refractivity contribution < 1.29 is 24.2 Å². The molecule has 1 rings (SSSR count). The Morgan fingerprint density at radius 3 is 2.71 bits per heavy atom. The van der Waals surface area contributed by atoms with Crippen molar-refractivity contribution in [3.63, 3.8) is 0 Å². The van der Waals surface area contributed by atoms with E-state index in [1.54, 1.807) is 0 Å². The van der Waals surface area contributed by atoms with E-state index in [1.807, 2.05) is 6.92 Å². The summed E-state index contributed by atoms with van der Waals surface area (Å²) in [4.78, 5) is 35.3. The third kappa shape index (κ3) is 4.89. The summed E-state index contributed by atoms with van der Waals surface area (Å²) in [5.74, 6) is -1.41. The Morgan fingerprint density at radius 2 is 2.14 bits per heavy atom. The van der Waals surface area contributed by atoms with Crippen LogP contribution in [0.2, 0.25) is 0 Å². The second-order valence-corrected chi connectivity index (χ2v) is 5.26. The smallest absolute Gasteiger partial charge is 0.317 e. The molecule has 0 radical (unpaired) electrons. The quantitative estimate of drug-likeness (QED) is 0.535. The normalized spacial score (nSPS) is 21.3. The van der Waals surface area contributed by atoms with E-state index in [0.29, 0.717) is 19.4 Å². The molecule has 1 fully saturated rings. The van der Waals surface area contributed by atoms with Gasteiger partial charge in [-0.15, -0.1) is 0 Å². The zero-order valence-electron chi connectivity index (χ0n) is 12.3. The van der Waals surface area contributed by atoms with Crippen LogP contribution >= 0.6 is 0 Å². The zero-order chi connectivity index (χ0) is 15.9. The van der Waals surface area contributed by atoms with E-state index in [2.05, 4.69) is 5.32 Å². The van der Waals surface area contributed by atoms with Gasteiger partial charge in [0.05, 0.1) is 12.0 Å². The second-order valence-electron chi connectivity index (χ2n) is 5.26. The number of carboxylic acid groups (broad SMARTS) is 1. The molecule has 1 aliphatic heterocycles. The third-order valence-electron chi connectivity index (χ3n) is 3.59. The molecule has 0 saturated carbocycles. The van der Waals surface area contributed by atoms with Crippen LogP contribution in [0.3, 0.4) is 0 Å². The molecule has 0 bridgehead atoms. The average molecular weight is 301 g/mol. The molecule has 1 unspecified atom stereocenters. The van der Waals surface area contributed by atoms with Crippen LogP contribution < -0.4 is 11.1 Å². The van der Waals surface area contributed by atoms with Crippen molar-refractivity contribution in [1.82, 2.24) is 10.2 Å². The van der Waals surface area contributed by atoms with E-state index >= 15 is 0 Å². The van der Waals surface area contributed by atoms with Gasteiger partial charge in [-0.25, -0.2) is 4.79 Å². The lowest BCUT2D eigenvalue weighted by atomic mass is 9.83. The van der Waals surface area contributed by atoms with Crippen LogP contribution in [0.15, 0.2) is 0 Å². The maximum absolute atomic E-state index is 11.9. The summed E-state index contributed by atoms with van der Waals surface area (Å²) >= 11 is 0. The van der Waals surface area contributed by atoms with Crippen LogP contribution in [0.5, 0.6) is 0 Å². The highest BCUT2D eigenvalue weighted by Gasteiger charge is 2.45. The predicted octanol–water partition coefficient (Wildman–Crippen LogP) is -0.225. The Hall–Kier alpha value is -1.83. The SMILES string of the molecule is CCCC1(C(=O)O)CCN(C(=O)NCCOCC(N)=O)C1. The number of nitrogens with zero attached hydrogens (tertiary/aromatic N) is 1. The van der Waals surface area contributed by atoms with Crippen LogP contribution in [-0.4, -0.2) is 60.8 Å². The largest absolute Gasteiger partial charge is 0.481 e. The first-order chi connectivity index (χ1) is 9.91. The minimum absolute atomic E-state index is 0.182. The van der Waals surface area contributed by atoms with Crippen LogP contribution in [0.4, 0.5) is 4.79 Å². The summed E-state index contributed by atoms with van der Waals surface area (Å²) in [6.45, 7) is 2.84. The molecule has 1 saturated heterocycles. The van der Waals surface area contributed by atoms with Crippen molar-refractivity contribution >= 4 is 17.9 Å². The number of aliphatic carboxylic acids is 1. The van der Waals surface area contributed by atoms with Gasteiger partial charge in [0.15, 0.2) is 0 Å². The minimum Gasteiger partial charge on any atom is -0.481 e. The van der Waals surface area contributed by atoms with Crippen molar-refractivity contribution in [2.24, 2.45) is 11.1 Å². The molecule has 0 aromatic heterocycles. The zero-order valence-corrected chi connectivity index (χ0v) is 12.3. The Kier molecular flexibility index (Phi) is 6.41.